The molecule has 0 spiro atoms. The van der Waals surface area contributed by atoms with E-state index in [1.807, 2.05) is 0 Å². The van der Waals surface area contributed by atoms with Crippen LogP contribution in [-0.2, 0) is 0 Å². The SMILES string of the molecule is O=C(O)c1cc(-c2ccc(Cl)s2)nc2cc(F)cc(F)c12. The number of pyridine rings is 1. The minimum atomic E-state index is -1.31. The smallest absolute Gasteiger partial charge is 0.336 e. The third-order valence-corrected chi connectivity index (χ3v) is 4.14. The molecular weight excluding hydrogens is 320 g/mol. The van der Waals surface area contributed by atoms with Crippen molar-refractivity contribution in [2.45, 2.75) is 0 Å². The summed E-state index contributed by atoms with van der Waals surface area (Å²) in [6.07, 6.45) is 0. The maximum atomic E-state index is 13.8. The maximum Gasteiger partial charge on any atom is 0.336 e. The second-order valence-corrected chi connectivity index (χ2v) is 5.96. The number of rotatable bonds is 2. The highest BCUT2D eigenvalue weighted by molar-refractivity contribution is 7.19. The van der Waals surface area contributed by atoms with Crippen molar-refractivity contribution in [3.8, 4) is 10.6 Å². The van der Waals surface area contributed by atoms with Crippen molar-refractivity contribution in [3.05, 3.63) is 51.9 Å². The van der Waals surface area contributed by atoms with Crippen LogP contribution in [0, 0.1) is 11.6 Å². The molecule has 0 amide bonds. The Hall–Kier alpha value is -2.05. The van der Waals surface area contributed by atoms with E-state index in [9.17, 15) is 18.7 Å². The van der Waals surface area contributed by atoms with E-state index < -0.39 is 17.6 Å². The van der Waals surface area contributed by atoms with E-state index in [0.29, 0.717) is 21.0 Å². The first-order valence-corrected chi connectivity index (χ1v) is 6.94. The number of carboxylic acids is 1. The number of fused-ring (bicyclic) bond motifs is 1. The Balaban J connectivity index is 2.37. The topological polar surface area (TPSA) is 50.2 Å². The molecule has 0 radical (unpaired) electrons. The van der Waals surface area contributed by atoms with Crippen molar-refractivity contribution in [1.29, 1.82) is 0 Å². The highest BCUT2D eigenvalue weighted by Crippen LogP contribution is 2.33. The zero-order valence-corrected chi connectivity index (χ0v) is 11.8. The molecule has 106 valence electrons. The quantitative estimate of drug-likeness (QED) is 0.749. The van der Waals surface area contributed by atoms with Crippen LogP contribution in [0.2, 0.25) is 4.34 Å². The van der Waals surface area contributed by atoms with Crippen LogP contribution >= 0.6 is 22.9 Å². The zero-order valence-electron chi connectivity index (χ0n) is 10.2. The fourth-order valence-corrected chi connectivity index (χ4v) is 3.04. The first kappa shape index (κ1) is 13.9. The van der Waals surface area contributed by atoms with Gasteiger partial charge in [-0.1, -0.05) is 11.6 Å². The van der Waals surface area contributed by atoms with Gasteiger partial charge in [0, 0.05) is 12.1 Å². The molecule has 0 bridgehead atoms. The minimum absolute atomic E-state index is 0.0491. The second kappa shape index (κ2) is 5.05. The Bertz CT molecular complexity index is 879. The van der Waals surface area contributed by atoms with E-state index in [1.165, 1.54) is 17.4 Å². The number of aromatic carboxylic acids is 1. The summed E-state index contributed by atoms with van der Waals surface area (Å²) in [5.74, 6) is -3.08. The molecule has 2 heterocycles. The third-order valence-electron chi connectivity index (χ3n) is 2.88. The van der Waals surface area contributed by atoms with Crippen molar-refractivity contribution in [1.82, 2.24) is 4.98 Å². The van der Waals surface area contributed by atoms with Gasteiger partial charge in [-0.05, 0) is 18.2 Å². The van der Waals surface area contributed by atoms with E-state index >= 15 is 0 Å². The predicted octanol–water partition coefficient (Wildman–Crippen LogP) is 4.59. The first-order valence-electron chi connectivity index (χ1n) is 5.74. The van der Waals surface area contributed by atoms with Crippen molar-refractivity contribution < 1.29 is 18.7 Å². The Morgan fingerprint density at radius 2 is 2.00 bits per heavy atom. The Kier molecular flexibility index (Phi) is 3.35. The number of carboxylic acid groups (broad SMARTS) is 1. The van der Waals surface area contributed by atoms with Gasteiger partial charge in [0.2, 0.25) is 0 Å². The van der Waals surface area contributed by atoms with Crippen molar-refractivity contribution in [2.75, 3.05) is 0 Å². The average Bonchev–Trinajstić information content (AvgIpc) is 2.83. The Morgan fingerprint density at radius 1 is 1.24 bits per heavy atom. The second-order valence-electron chi connectivity index (χ2n) is 4.25. The summed E-state index contributed by atoms with van der Waals surface area (Å²) < 4.78 is 27.7. The molecule has 2 aromatic heterocycles. The van der Waals surface area contributed by atoms with E-state index in [4.69, 9.17) is 11.6 Å². The average molecular weight is 326 g/mol. The summed E-state index contributed by atoms with van der Waals surface area (Å²) in [6, 6.07) is 6.21. The molecule has 0 saturated carbocycles. The molecule has 0 aliphatic carbocycles. The van der Waals surface area contributed by atoms with Crippen LogP contribution in [0.1, 0.15) is 10.4 Å². The van der Waals surface area contributed by atoms with Gasteiger partial charge in [0.1, 0.15) is 11.6 Å². The number of nitrogens with zero attached hydrogens (tertiary/aromatic N) is 1. The molecule has 7 heteroatoms. The standard InChI is InChI=1S/C14H6ClF2NO2S/c15-12-2-1-11(21-12)9-5-7(14(19)20)13-8(17)3-6(16)4-10(13)18-9/h1-5H,(H,19,20). The summed E-state index contributed by atoms with van der Waals surface area (Å²) in [5, 5.41) is 9.03. The van der Waals surface area contributed by atoms with Crippen LogP contribution in [-0.4, -0.2) is 16.1 Å². The normalized spacial score (nSPS) is 11.0. The monoisotopic (exact) mass is 325 g/mol. The number of aromatic nitrogens is 1. The molecule has 0 aliphatic heterocycles. The fraction of sp³-hybridized carbons (Fsp3) is 0. The summed E-state index contributed by atoms with van der Waals surface area (Å²) in [4.78, 5) is 16.1. The molecule has 21 heavy (non-hydrogen) atoms. The Labute approximate surface area is 126 Å². The molecule has 0 atom stereocenters. The van der Waals surface area contributed by atoms with Crippen LogP contribution in [0.15, 0.2) is 30.3 Å². The van der Waals surface area contributed by atoms with Gasteiger partial charge in [0.15, 0.2) is 0 Å². The summed E-state index contributed by atoms with van der Waals surface area (Å²) in [6.45, 7) is 0. The van der Waals surface area contributed by atoms with Crippen LogP contribution in [0.25, 0.3) is 21.5 Å². The molecule has 0 unspecified atom stereocenters. The van der Waals surface area contributed by atoms with Gasteiger partial charge in [-0.15, -0.1) is 11.3 Å². The number of hydrogen-bond acceptors (Lipinski definition) is 3. The number of thiophene rings is 1. The maximum absolute atomic E-state index is 13.8. The molecule has 3 nitrogen and oxygen atoms in total. The molecule has 1 N–H and O–H groups in total. The van der Waals surface area contributed by atoms with Gasteiger partial charge in [0.05, 0.1) is 31.4 Å². The largest absolute Gasteiger partial charge is 0.478 e. The van der Waals surface area contributed by atoms with Crippen molar-refractivity contribution in [3.63, 3.8) is 0 Å². The molecule has 0 fully saturated rings. The van der Waals surface area contributed by atoms with Crippen LogP contribution in [0.3, 0.4) is 0 Å². The molecule has 1 aromatic carbocycles. The number of halogens is 3. The lowest BCUT2D eigenvalue weighted by Crippen LogP contribution is -2.02. The van der Waals surface area contributed by atoms with Crippen LogP contribution in [0.5, 0.6) is 0 Å². The van der Waals surface area contributed by atoms with Gasteiger partial charge in [-0.25, -0.2) is 18.6 Å². The summed E-state index contributed by atoms with van der Waals surface area (Å²) in [7, 11) is 0. The van der Waals surface area contributed by atoms with Crippen LogP contribution in [0.4, 0.5) is 8.78 Å². The lowest BCUT2D eigenvalue weighted by Gasteiger charge is -2.07. The number of benzene rings is 1. The number of carbonyl (C=O) groups is 1. The molecular formula is C14H6ClF2NO2S. The van der Waals surface area contributed by atoms with Crippen molar-refractivity contribution >= 4 is 39.8 Å². The van der Waals surface area contributed by atoms with E-state index in [2.05, 4.69) is 4.98 Å². The highest BCUT2D eigenvalue weighted by Gasteiger charge is 2.18. The molecule has 0 aliphatic rings. The molecule has 0 saturated heterocycles. The predicted molar refractivity (Wildman–Crippen MR) is 76.9 cm³/mol. The lowest BCUT2D eigenvalue weighted by atomic mass is 10.1. The fourth-order valence-electron chi connectivity index (χ4n) is 2.03. The van der Waals surface area contributed by atoms with Crippen LogP contribution < -0.4 is 0 Å². The summed E-state index contributed by atoms with van der Waals surface area (Å²) in [5.41, 5.74) is -0.00857. The molecule has 3 rings (SSSR count). The summed E-state index contributed by atoms with van der Waals surface area (Å²) >= 11 is 7.04. The molecule has 3 aromatic rings. The van der Waals surface area contributed by atoms with Gasteiger partial charge < -0.3 is 5.11 Å². The minimum Gasteiger partial charge on any atom is -0.478 e. The third kappa shape index (κ3) is 2.48. The van der Waals surface area contributed by atoms with E-state index in [1.54, 1.807) is 12.1 Å². The zero-order chi connectivity index (χ0) is 15.1. The van der Waals surface area contributed by atoms with E-state index in [0.717, 1.165) is 6.07 Å². The van der Waals surface area contributed by atoms with E-state index in [-0.39, 0.29) is 16.5 Å². The highest BCUT2D eigenvalue weighted by atomic mass is 35.5. The Morgan fingerprint density at radius 3 is 2.62 bits per heavy atom. The lowest BCUT2D eigenvalue weighted by molar-refractivity contribution is 0.0698. The first-order chi connectivity index (χ1) is 9.95. The van der Waals surface area contributed by atoms with Gasteiger partial charge >= 0.3 is 5.97 Å². The van der Waals surface area contributed by atoms with Gasteiger partial charge in [0.25, 0.3) is 0 Å². The van der Waals surface area contributed by atoms with Crippen molar-refractivity contribution in [2.24, 2.45) is 0 Å². The van der Waals surface area contributed by atoms with Gasteiger partial charge in [-0.2, -0.15) is 0 Å². The number of hydrogen-bond donors (Lipinski definition) is 1. The van der Waals surface area contributed by atoms with Gasteiger partial charge in [-0.3, -0.25) is 0 Å².